The van der Waals surface area contributed by atoms with Gasteiger partial charge in [0.15, 0.2) is 0 Å². The Kier molecular flexibility index (Phi) is 4.45. The van der Waals surface area contributed by atoms with Gasteiger partial charge in [-0.05, 0) is 73.8 Å². The van der Waals surface area contributed by atoms with Gasteiger partial charge in [0, 0.05) is 24.5 Å². The number of carbonyl (C=O) groups excluding carboxylic acids is 2. The number of nitrogens with zero attached hydrogens (tertiary/aromatic N) is 1. The molecule has 1 aromatic rings. The minimum absolute atomic E-state index is 0.0534. The third kappa shape index (κ3) is 2.90. The normalized spacial score (nSPS) is 41.0. The Balaban J connectivity index is 1.33. The second-order valence-corrected chi connectivity index (χ2v) is 10.2. The maximum Gasteiger partial charge on any atom is 0.357 e. The Labute approximate surface area is 173 Å². The Morgan fingerprint density at radius 2 is 1.90 bits per heavy atom. The third-order valence-electron chi connectivity index (χ3n) is 8.92. The molecule has 3 saturated carbocycles. The van der Waals surface area contributed by atoms with Gasteiger partial charge in [-0.25, -0.2) is 9.78 Å². The van der Waals surface area contributed by atoms with Crippen LogP contribution in [0.3, 0.4) is 0 Å². The number of hydrogen-bond acceptors (Lipinski definition) is 4. The van der Waals surface area contributed by atoms with Crippen LogP contribution in [0.2, 0.25) is 0 Å². The van der Waals surface area contributed by atoms with E-state index in [9.17, 15) is 9.59 Å². The van der Waals surface area contributed by atoms with Crippen LogP contribution in [0.15, 0.2) is 36.0 Å². The van der Waals surface area contributed by atoms with E-state index in [0.717, 1.165) is 51.4 Å². The second kappa shape index (κ2) is 6.78. The molecule has 1 aromatic heterocycles. The Hall–Kier alpha value is -1.97. The zero-order valence-electron chi connectivity index (χ0n) is 17.5. The van der Waals surface area contributed by atoms with Crippen molar-refractivity contribution in [2.75, 3.05) is 0 Å². The molecule has 3 fully saturated rings. The first-order valence-corrected chi connectivity index (χ1v) is 11.3. The molecular formula is C25H31NO3. The Morgan fingerprint density at radius 1 is 1.10 bits per heavy atom. The van der Waals surface area contributed by atoms with E-state index >= 15 is 0 Å². The van der Waals surface area contributed by atoms with Crippen LogP contribution in [0.5, 0.6) is 0 Å². The van der Waals surface area contributed by atoms with E-state index in [0.29, 0.717) is 29.2 Å². The van der Waals surface area contributed by atoms with E-state index in [1.807, 2.05) is 6.07 Å². The quantitative estimate of drug-likeness (QED) is 0.516. The molecule has 0 aromatic carbocycles. The van der Waals surface area contributed by atoms with E-state index in [4.69, 9.17) is 4.74 Å². The van der Waals surface area contributed by atoms with Crippen molar-refractivity contribution in [3.8, 4) is 0 Å². The van der Waals surface area contributed by atoms with Gasteiger partial charge in [-0.15, -0.1) is 0 Å². The van der Waals surface area contributed by atoms with Crippen LogP contribution in [-0.2, 0) is 9.53 Å². The Morgan fingerprint density at radius 3 is 2.69 bits per heavy atom. The molecule has 3 unspecified atom stereocenters. The topological polar surface area (TPSA) is 56.3 Å². The van der Waals surface area contributed by atoms with E-state index in [1.54, 1.807) is 18.3 Å². The van der Waals surface area contributed by atoms with Crippen LogP contribution in [-0.4, -0.2) is 22.8 Å². The monoisotopic (exact) mass is 393 g/mol. The van der Waals surface area contributed by atoms with Crippen LogP contribution >= 0.6 is 0 Å². The Bertz CT molecular complexity index is 862. The molecule has 0 amide bonds. The first-order valence-electron chi connectivity index (χ1n) is 11.3. The summed E-state index contributed by atoms with van der Waals surface area (Å²) in [6.45, 7) is 4.67. The lowest BCUT2D eigenvalue weighted by Gasteiger charge is -2.56. The summed E-state index contributed by atoms with van der Waals surface area (Å²) in [5.74, 6) is 2.06. The minimum Gasteiger partial charge on any atom is -0.457 e. The number of fused-ring (bicyclic) bond motifs is 5. The van der Waals surface area contributed by atoms with Gasteiger partial charge >= 0.3 is 5.97 Å². The lowest BCUT2D eigenvalue weighted by Crippen LogP contribution is -2.50. The highest BCUT2D eigenvalue weighted by molar-refractivity contribution is 5.87. The fourth-order valence-electron chi connectivity index (χ4n) is 7.19. The van der Waals surface area contributed by atoms with Crippen molar-refractivity contribution in [1.82, 2.24) is 4.98 Å². The van der Waals surface area contributed by atoms with Crippen molar-refractivity contribution < 1.29 is 14.3 Å². The lowest BCUT2D eigenvalue weighted by molar-refractivity contribution is -0.132. The summed E-state index contributed by atoms with van der Waals surface area (Å²) in [6.07, 6.45) is 12.0. The van der Waals surface area contributed by atoms with Gasteiger partial charge in [0.05, 0.1) is 0 Å². The predicted octanol–water partition coefficient (Wildman–Crippen LogP) is 5.14. The van der Waals surface area contributed by atoms with E-state index < -0.39 is 0 Å². The highest BCUT2D eigenvalue weighted by Crippen LogP contribution is 2.64. The molecule has 154 valence electrons. The first-order chi connectivity index (χ1) is 13.9. The molecule has 4 aliphatic carbocycles. The van der Waals surface area contributed by atoms with Gasteiger partial charge in [-0.3, -0.25) is 4.79 Å². The number of pyridine rings is 1. The number of ketones is 1. The van der Waals surface area contributed by atoms with Crippen molar-refractivity contribution in [3.63, 3.8) is 0 Å². The highest BCUT2D eigenvalue weighted by atomic mass is 16.5. The van der Waals surface area contributed by atoms with Crippen molar-refractivity contribution in [1.29, 1.82) is 0 Å². The molecule has 0 saturated heterocycles. The van der Waals surface area contributed by atoms with Gasteiger partial charge in [-0.1, -0.05) is 31.6 Å². The molecule has 0 radical (unpaired) electrons. The van der Waals surface area contributed by atoms with Gasteiger partial charge in [0.25, 0.3) is 0 Å². The number of rotatable bonds is 2. The zero-order chi connectivity index (χ0) is 20.2. The maximum atomic E-state index is 12.6. The highest BCUT2D eigenvalue weighted by Gasteiger charge is 2.58. The van der Waals surface area contributed by atoms with Crippen LogP contribution < -0.4 is 0 Å². The number of Topliss-reactive ketones (excluding diaryl/α,β-unsaturated/α-hetero) is 1. The molecule has 29 heavy (non-hydrogen) atoms. The molecule has 4 heteroatoms. The molecule has 0 aliphatic heterocycles. The molecule has 6 atom stereocenters. The fourth-order valence-corrected chi connectivity index (χ4v) is 7.19. The summed E-state index contributed by atoms with van der Waals surface area (Å²) >= 11 is 0. The smallest absolute Gasteiger partial charge is 0.357 e. The molecule has 0 spiro atoms. The summed E-state index contributed by atoms with van der Waals surface area (Å²) in [7, 11) is 0. The number of hydrogen-bond donors (Lipinski definition) is 0. The number of allylic oxidation sites excluding steroid dienone is 1. The number of ether oxygens (including phenoxy) is 1. The predicted molar refractivity (Wildman–Crippen MR) is 110 cm³/mol. The molecular weight excluding hydrogens is 362 g/mol. The number of esters is 1. The van der Waals surface area contributed by atoms with Crippen LogP contribution in [0, 0.1) is 28.6 Å². The lowest BCUT2D eigenvalue weighted by atomic mass is 9.48. The van der Waals surface area contributed by atoms with E-state index in [1.165, 1.54) is 5.57 Å². The third-order valence-corrected chi connectivity index (χ3v) is 8.92. The van der Waals surface area contributed by atoms with Crippen LogP contribution in [0.4, 0.5) is 0 Å². The molecule has 4 nitrogen and oxygen atoms in total. The van der Waals surface area contributed by atoms with Gasteiger partial charge in [-0.2, -0.15) is 0 Å². The van der Waals surface area contributed by atoms with Gasteiger partial charge in [0.1, 0.15) is 17.6 Å². The first kappa shape index (κ1) is 19.0. The van der Waals surface area contributed by atoms with Crippen molar-refractivity contribution >= 4 is 11.8 Å². The minimum atomic E-state index is -0.314. The zero-order valence-corrected chi connectivity index (χ0v) is 17.5. The van der Waals surface area contributed by atoms with Crippen molar-refractivity contribution in [3.05, 3.63) is 41.7 Å². The maximum absolute atomic E-state index is 12.6. The van der Waals surface area contributed by atoms with Crippen molar-refractivity contribution in [2.24, 2.45) is 28.6 Å². The van der Waals surface area contributed by atoms with E-state index in [-0.39, 0.29) is 22.9 Å². The van der Waals surface area contributed by atoms with Gasteiger partial charge in [0.2, 0.25) is 0 Å². The summed E-state index contributed by atoms with van der Waals surface area (Å²) in [6, 6.07) is 5.33. The standard InChI is InChI=1S/C25H31NO3/c1-24-12-10-17(29-23(28)21-5-3-4-14-26-21)15-16(24)6-7-18-19-8-9-22(27)25(19,2)13-11-20(18)24/h3-6,14,17-20H,7-13,15H2,1-2H3/t17-,18?,19?,20?,24-,25-/m0/s1. The molecule has 0 N–H and O–H groups in total. The van der Waals surface area contributed by atoms with Gasteiger partial charge < -0.3 is 4.74 Å². The number of aromatic nitrogens is 1. The molecule has 4 aliphatic rings. The number of carbonyl (C=O) groups is 2. The van der Waals surface area contributed by atoms with Crippen LogP contribution in [0.25, 0.3) is 0 Å². The summed E-state index contributed by atoms with van der Waals surface area (Å²) < 4.78 is 5.82. The summed E-state index contributed by atoms with van der Waals surface area (Å²) in [5.41, 5.74) is 2.00. The summed E-state index contributed by atoms with van der Waals surface area (Å²) in [5, 5.41) is 0. The average molecular weight is 394 g/mol. The SMILES string of the molecule is C[C@]12CC[C@H](OC(=O)c3ccccn3)CC1=CCC1C2CC[C@]2(C)C(=O)CCC12. The van der Waals surface area contributed by atoms with Crippen LogP contribution in [0.1, 0.15) is 75.7 Å². The largest absolute Gasteiger partial charge is 0.457 e. The van der Waals surface area contributed by atoms with Crippen molar-refractivity contribution in [2.45, 2.75) is 71.3 Å². The molecule has 1 heterocycles. The fraction of sp³-hybridized carbons (Fsp3) is 0.640. The summed E-state index contributed by atoms with van der Waals surface area (Å²) in [4.78, 5) is 29.1. The van der Waals surface area contributed by atoms with E-state index in [2.05, 4.69) is 24.9 Å². The average Bonchev–Trinajstić information content (AvgIpc) is 3.03. The molecule has 5 rings (SSSR count). The second-order valence-electron chi connectivity index (χ2n) is 10.2. The molecule has 0 bridgehead atoms.